The molecule has 6 heteroatoms. The number of esters is 1. The van der Waals surface area contributed by atoms with Crippen LogP contribution in [-0.2, 0) is 9.53 Å². The normalized spacial score (nSPS) is 26.1. The molecular formula is C12H20ClF2NO2. The van der Waals surface area contributed by atoms with Gasteiger partial charge in [-0.05, 0) is 25.7 Å². The molecule has 0 spiro atoms. The molecule has 0 aliphatic heterocycles. The van der Waals surface area contributed by atoms with Crippen molar-refractivity contribution in [3.05, 3.63) is 12.7 Å². The number of rotatable bonds is 7. The van der Waals surface area contributed by atoms with Crippen LogP contribution in [0.5, 0.6) is 0 Å². The van der Waals surface area contributed by atoms with E-state index in [4.69, 9.17) is 10.5 Å². The van der Waals surface area contributed by atoms with E-state index in [0.29, 0.717) is 0 Å². The van der Waals surface area contributed by atoms with E-state index in [-0.39, 0.29) is 44.7 Å². The van der Waals surface area contributed by atoms with Gasteiger partial charge < -0.3 is 10.5 Å². The molecular weight excluding hydrogens is 264 g/mol. The summed E-state index contributed by atoms with van der Waals surface area (Å²) in [6.45, 7) is 5.29. The largest absolute Gasteiger partial charge is 0.465 e. The Morgan fingerprint density at radius 2 is 2.28 bits per heavy atom. The van der Waals surface area contributed by atoms with Gasteiger partial charge in [0.15, 0.2) is 0 Å². The molecule has 0 unspecified atom stereocenters. The zero-order valence-corrected chi connectivity index (χ0v) is 11.3. The highest BCUT2D eigenvalue weighted by atomic mass is 35.5. The average Bonchev–Trinajstić information content (AvgIpc) is 2.87. The third-order valence-electron chi connectivity index (χ3n) is 3.07. The fourth-order valence-corrected chi connectivity index (χ4v) is 1.89. The molecule has 1 fully saturated rings. The minimum atomic E-state index is -2.79. The molecule has 3 nitrogen and oxygen atoms in total. The van der Waals surface area contributed by atoms with Crippen molar-refractivity contribution in [3.8, 4) is 0 Å². The number of carbonyl (C=O) groups is 1. The van der Waals surface area contributed by atoms with Crippen molar-refractivity contribution in [1.29, 1.82) is 0 Å². The number of halogens is 3. The van der Waals surface area contributed by atoms with E-state index in [2.05, 4.69) is 6.58 Å². The Hall–Kier alpha value is -0.680. The second-order valence-electron chi connectivity index (χ2n) is 4.55. The van der Waals surface area contributed by atoms with Crippen molar-refractivity contribution >= 4 is 18.4 Å². The summed E-state index contributed by atoms with van der Waals surface area (Å²) in [5, 5.41) is 0. The Kier molecular flexibility index (Phi) is 6.23. The van der Waals surface area contributed by atoms with Crippen LogP contribution in [0.3, 0.4) is 0 Å². The topological polar surface area (TPSA) is 52.3 Å². The van der Waals surface area contributed by atoms with Gasteiger partial charge in [-0.15, -0.1) is 19.0 Å². The molecule has 0 aromatic carbocycles. The van der Waals surface area contributed by atoms with Crippen LogP contribution < -0.4 is 5.73 Å². The highest BCUT2D eigenvalue weighted by Crippen LogP contribution is 2.48. The van der Waals surface area contributed by atoms with Crippen LogP contribution in [0.1, 0.15) is 32.6 Å². The van der Waals surface area contributed by atoms with Crippen molar-refractivity contribution in [2.45, 2.75) is 44.1 Å². The predicted octanol–water partition coefficient (Wildman–Crippen LogP) is 2.68. The van der Waals surface area contributed by atoms with E-state index in [1.165, 1.54) is 6.08 Å². The molecule has 1 aliphatic rings. The monoisotopic (exact) mass is 283 g/mol. The van der Waals surface area contributed by atoms with Crippen molar-refractivity contribution in [2.24, 2.45) is 11.7 Å². The molecule has 2 atom stereocenters. The first kappa shape index (κ1) is 17.3. The molecule has 0 radical (unpaired) electrons. The van der Waals surface area contributed by atoms with Gasteiger partial charge in [0.1, 0.15) is 5.54 Å². The summed E-state index contributed by atoms with van der Waals surface area (Å²) in [5.41, 5.74) is 4.54. The Balaban J connectivity index is 0.00000289. The van der Waals surface area contributed by atoms with Crippen LogP contribution in [0.25, 0.3) is 0 Å². The SMILES string of the molecule is C=CCCC(F)(F)C[C@@H]1C[C@]1(N)C(=O)OCC.Cl. The highest BCUT2D eigenvalue weighted by Gasteiger charge is 2.60. The third-order valence-corrected chi connectivity index (χ3v) is 3.07. The van der Waals surface area contributed by atoms with Gasteiger partial charge in [0.05, 0.1) is 6.61 Å². The third kappa shape index (κ3) is 4.21. The fraction of sp³-hybridized carbons (Fsp3) is 0.750. The molecule has 1 aliphatic carbocycles. The second-order valence-corrected chi connectivity index (χ2v) is 4.55. The molecule has 0 heterocycles. The first-order valence-corrected chi connectivity index (χ1v) is 5.80. The fourth-order valence-electron chi connectivity index (χ4n) is 1.89. The zero-order valence-electron chi connectivity index (χ0n) is 10.5. The summed E-state index contributed by atoms with van der Waals surface area (Å²) < 4.78 is 31.6. The summed E-state index contributed by atoms with van der Waals surface area (Å²) in [7, 11) is 0. The quantitative estimate of drug-likeness (QED) is 0.577. The highest BCUT2D eigenvalue weighted by molar-refractivity contribution is 5.85. The van der Waals surface area contributed by atoms with Gasteiger partial charge in [0.25, 0.3) is 0 Å². The lowest BCUT2D eigenvalue weighted by Gasteiger charge is -2.17. The van der Waals surface area contributed by atoms with Gasteiger partial charge >= 0.3 is 5.97 Å². The lowest BCUT2D eigenvalue weighted by Crippen LogP contribution is -2.38. The minimum absolute atomic E-state index is 0. The molecule has 0 aromatic rings. The predicted molar refractivity (Wildman–Crippen MR) is 67.9 cm³/mol. The Bertz CT molecular complexity index is 312. The van der Waals surface area contributed by atoms with E-state index in [0.717, 1.165) is 0 Å². The van der Waals surface area contributed by atoms with Gasteiger partial charge in [-0.1, -0.05) is 6.08 Å². The molecule has 1 saturated carbocycles. The number of alkyl halides is 2. The van der Waals surface area contributed by atoms with Crippen molar-refractivity contribution in [1.82, 2.24) is 0 Å². The Labute approximate surface area is 112 Å². The van der Waals surface area contributed by atoms with E-state index < -0.39 is 23.3 Å². The summed E-state index contributed by atoms with van der Waals surface area (Å²) >= 11 is 0. The minimum Gasteiger partial charge on any atom is -0.465 e. The van der Waals surface area contributed by atoms with Gasteiger partial charge in [-0.3, -0.25) is 4.79 Å². The average molecular weight is 284 g/mol. The Morgan fingerprint density at radius 3 is 2.78 bits per heavy atom. The van der Waals surface area contributed by atoms with Crippen LogP contribution in [0.15, 0.2) is 12.7 Å². The van der Waals surface area contributed by atoms with Gasteiger partial charge in [-0.25, -0.2) is 8.78 Å². The molecule has 106 valence electrons. The summed E-state index contributed by atoms with van der Waals surface area (Å²) in [4.78, 5) is 11.4. The van der Waals surface area contributed by atoms with E-state index in [1.807, 2.05) is 0 Å². The molecule has 0 aromatic heterocycles. The maximum Gasteiger partial charge on any atom is 0.326 e. The summed E-state index contributed by atoms with van der Waals surface area (Å²) in [6, 6.07) is 0. The van der Waals surface area contributed by atoms with Crippen molar-refractivity contribution < 1.29 is 18.3 Å². The van der Waals surface area contributed by atoms with Crippen molar-refractivity contribution in [2.75, 3.05) is 6.61 Å². The van der Waals surface area contributed by atoms with Crippen molar-refractivity contribution in [3.63, 3.8) is 0 Å². The van der Waals surface area contributed by atoms with Crippen LogP contribution in [0.2, 0.25) is 0 Å². The second kappa shape index (κ2) is 6.48. The molecule has 0 saturated heterocycles. The molecule has 0 bridgehead atoms. The van der Waals surface area contributed by atoms with E-state index in [1.54, 1.807) is 6.92 Å². The van der Waals surface area contributed by atoms with Crippen LogP contribution in [-0.4, -0.2) is 24.0 Å². The molecule has 2 N–H and O–H groups in total. The first-order valence-electron chi connectivity index (χ1n) is 5.80. The van der Waals surface area contributed by atoms with E-state index in [9.17, 15) is 13.6 Å². The maximum atomic E-state index is 13.4. The van der Waals surface area contributed by atoms with Gasteiger partial charge in [-0.2, -0.15) is 0 Å². The standard InChI is InChI=1S/C12H19F2NO2.ClH/c1-3-5-6-11(13,14)7-9-8-12(9,15)10(16)17-4-2;/h3,9H,1,4-8,15H2,2H3;1H/t9-,12-;/m1./s1. The molecule has 18 heavy (non-hydrogen) atoms. The first-order chi connectivity index (χ1) is 7.85. The van der Waals surface area contributed by atoms with Gasteiger partial charge in [0, 0.05) is 12.8 Å². The zero-order chi connectivity index (χ0) is 13.1. The smallest absolute Gasteiger partial charge is 0.326 e. The van der Waals surface area contributed by atoms with E-state index >= 15 is 0 Å². The van der Waals surface area contributed by atoms with Crippen LogP contribution >= 0.6 is 12.4 Å². The molecule has 0 amide bonds. The number of carbonyl (C=O) groups excluding carboxylic acids is 1. The number of hydrogen-bond acceptors (Lipinski definition) is 3. The lowest BCUT2D eigenvalue weighted by atomic mass is 10.0. The number of allylic oxidation sites excluding steroid dienone is 1. The summed E-state index contributed by atoms with van der Waals surface area (Å²) in [5.74, 6) is -3.82. The van der Waals surface area contributed by atoms with Crippen LogP contribution in [0.4, 0.5) is 8.78 Å². The summed E-state index contributed by atoms with van der Waals surface area (Å²) in [6.07, 6.45) is 1.41. The number of nitrogens with two attached hydrogens (primary N) is 1. The Morgan fingerprint density at radius 1 is 1.67 bits per heavy atom. The number of hydrogen-bond donors (Lipinski definition) is 1. The van der Waals surface area contributed by atoms with Crippen LogP contribution in [0, 0.1) is 5.92 Å². The number of ether oxygens (including phenoxy) is 1. The van der Waals surface area contributed by atoms with Gasteiger partial charge in [0.2, 0.25) is 5.92 Å². The lowest BCUT2D eigenvalue weighted by molar-refractivity contribution is -0.146. The maximum absolute atomic E-state index is 13.4. The molecule has 1 rings (SSSR count).